The molecule has 5 aliphatic rings. The Labute approximate surface area is 341 Å². The molecule has 1 saturated carbocycles. The van der Waals surface area contributed by atoms with Gasteiger partial charge in [-0.1, -0.05) is 95.5 Å². The van der Waals surface area contributed by atoms with E-state index < -0.39 is 46.8 Å². The first-order valence-electron chi connectivity index (χ1n) is 19.5. The summed E-state index contributed by atoms with van der Waals surface area (Å²) in [5.74, 6) is -4.55. The number of allylic oxidation sites excluding steroid dienone is 2. The van der Waals surface area contributed by atoms with Crippen LogP contribution in [-0.4, -0.2) is 69.8 Å². The highest BCUT2D eigenvalue weighted by molar-refractivity contribution is 6.36. The third kappa shape index (κ3) is 6.03. The van der Waals surface area contributed by atoms with Crippen molar-refractivity contribution < 1.29 is 29.0 Å². The van der Waals surface area contributed by atoms with Crippen LogP contribution in [0.1, 0.15) is 48.3 Å². The number of benzene rings is 4. The van der Waals surface area contributed by atoms with Crippen LogP contribution < -0.4 is 10.2 Å². The molecule has 3 heterocycles. The number of methoxy groups -OCH3 is 1. The van der Waals surface area contributed by atoms with Crippen molar-refractivity contribution in [3.63, 3.8) is 0 Å². The second-order valence-corrected chi connectivity index (χ2v) is 16.7. The lowest BCUT2D eigenvalue weighted by Crippen LogP contribution is -2.53. The summed E-state index contributed by atoms with van der Waals surface area (Å²) >= 11 is 12.8. The minimum Gasteiger partial charge on any atom is -0.508 e. The second kappa shape index (κ2) is 14.7. The van der Waals surface area contributed by atoms with Gasteiger partial charge >= 0.3 is 0 Å². The molecule has 0 aromatic heterocycles. The molecular weight excluding hydrogens is 763 g/mol. The average Bonchev–Trinajstić information content (AvgIpc) is 3.60. The van der Waals surface area contributed by atoms with Gasteiger partial charge in [0.05, 0.1) is 41.0 Å². The summed E-state index contributed by atoms with van der Waals surface area (Å²) in [6, 6.07) is 28.7. The molecule has 57 heavy (non-hydrogen) atoms. The van der Waals surface area contributed by atoms with Gasteiger partial charge in [0.2, 0.25) is 11.8 Å². The summed E-state index contributed by atoms with van der Waals surface area (Å²) in [7, 11) is 1.55. The van der Waals surface area contributed by atoms with Gasteiger partial charge in [-0.3, -0.25) is 34.4 Å². The van der Waals surface area contributed by atoms with E-state index in [2.05, 4.69) is 22.5 Å². The first-order chi connectivity index (χ1) is 27.6. The number of hydrazine groups is 1. The van der Waals surface area contributed by atoms with Gasteiger partial charge in [-0.05, 0) is 79.1 Å². The molecule has 2 aliphatic carbocycles. The Morgan fingerprint density at radius 1 is 0.842 bits per heavy atom. The third-order valence-electron chi connectivity index (χ3n) is 13.0. The van der Waals surface area contributed by atoms with Crippen LogP contribution in [0.25, 0.3) is 0 Å². The number of hydrogen-bond donors (Lipinski definition) is 2. The highest BCUT2D eigenvalue weighted by Gasteiger charge is 2.71. The number of carbonyl (C=O) groups excluding carboxylic acids is 4. The number of anilines is 1. The summed E-state index contributed by atoms with van der Waals surface area (Å²) in [6.07, 6.45) is 3.81. The van der Waals surface area contributed by atoms with Gasteiger partial charge in [0, 0.05) is 42.2 Å². The fourth-order valence-corrected chi connectivity index (χ4v) is 10.9. The molecule has 292 valence electrons. The molecule has 9 rings (SSSR count). The molecule has 0 spiro atoms. The van der Waals surface area contributed by atoms with Crippen LogP contribution in [0.15, 0.2) is 109 Å². The Hall–Kier alpha value is -5.16. The standard InChI is InChI=1S/C45H42Cl2N4O6/c1-57-30-14-11-27(12-15-30)45-35(42(54)51(44(45)56)48-37-18-13-28(46)23-36(37)47)24-34-31(40(45)32-9-5-6-10-38(32)52)16-17-33-39(34)43(55)50(41(33)53)29-19-21-49(22-20-29)25-26-7-3-2-4-8-26/h2-16,18,23,29,33-35,39-40,48,52H,17,19-22,24-25H2,1H3. The predicted octanol–water partition coefficient (Wildman–Crippen LogP) is 7.36. The number of piperidine rings is 1. The van der Waals surface area contributed by atoms with Crippen LogP contribution in [0, 0.1) is 23.7 Å². The van der Waals surface area contributed by atoms with E-state index in [4.69, 9.17) is 27.9 Å². The van der Waals surface area contributed by atoms with E-state index in [1.54, 1.807) is 67.8 Å². The van der Waals surface area contributed by atoms with Gasteiger partial charge in [0.25, 0.3) is 11.8 Å². The molecule has 2 N–H and O–H groups in total. The van der Waals surface area contributed by atoms with Crippen LogP contribution in [0.5, 0.6) is 11.5 Å². The molecule has 4 aromatic carbocycles. The molecule has 0 radical (unpaired) electrons. The molecule has 4 amide bonds. The van der Waals surface area contributed by atoms with Gasteiger partial charge in [0.1, 0.15) is 11.5 Å². The number of likely N-dealkylation sites (tertiary alicyclic amines) is 2. The Balaban J connectivity index is 1.11. The van der Waals surface area contributed by atoms with Crippen LogP contribution >= 0.6 is 23.2 Å². The van der Waals surface area contributed by atoms with Gasteiger partial charge < -0.3 is 9.84 Å². The van der Waals surface area contributed by atoms with Crippen molar-refractivity contribution in [1.29, 1.82) is 0 Å². The summed E-state index contributed by atoms with van der Waals surface area (Å²) in [6.45, 7) is 2.33. The number of para-hydroxylation sites is 1. The van der Waals surface area contributed by atoms with Gasteiger partial charge in [-0.25, -0.2) is 0 Å². The highest BCUT2D eigenvalue weighted by atomic mass is 35.5. The summed E-state index contributed by atoms with van der Waals surface area (Å²) in [5, 5.41) is 13.2. The molecule has 4 fully saturated rings. The zero-order valence-corrected chi connectivity index (χ0v) is 32.8. The fourth-order valence-electron chi connectivity index (χ4n) is 10.5. The topological polar surface area (TPSA) is 119 Å². The largest absolute Gasteiger partial charge is 0.508 e. The van der Waals surface area contributed by atoms with E-state index in [0.717, 1.165) is 30.2 Å². The zero-order chi connectivity index (χ0) is 39.6. The monoisotopic (exact) mass is 804 g/mol. The maximum Gasteiger partial charge on any atom is 0.260 e. The van der Waals surface area contributed by atoms with E-state index in [1.807, 2.05) is 24.3 Å². The minimum absolute atomic E-state index is 0.0390. The van der Waals surface area contributed by atoms with Crippen molar-refractivity contribution in [1.82, 2.24) is 14.8 Å². The summed E-state index contributed by atoms with van der Waals surface area (Å²) in [4.78, 5) is 63.5. The van der Waals surface area contributed by atoms with Crippen LogP contribution in [-0.2, 0) is 31.1 Å². The highest BCUT2D eigenvalue weighted by Crippen LogP contribution is 2.65. The molecule has 12 heteroatoms. The van der Waals surface area contributed by atoms with Crippen molar-refractivity contribution in [2.45, 2.75) is 49.6 Å². The summed E-state index contributed by atoms with van der Waals surface area (Å²) < 4.78 is 5.49. The van der Waals surface area contributed by atoms with Crippen LogP contribution in [0.2, 0.25) is 10.0 Å². The van der Waals surface area contributed by atoms with Crippen molar-refractivity contribution in [3.05, 3.63) is 135 Å². The normalized spacial score (nSPS) is 27.6. The smallest absolute Gasteiger partial charge is 0.260 e. The molecular formula is C45H42Cl2N4O6. The zero-order valence-electron chi connectivity index (χ0n) is 31.3. The number of hydrogen-bond acceptors (Lipinski definition) is 8. The number of halogens is 2. The van der Waals surface area contributed by atoms with Gasteiger partial charge in [-0.15, -0.1) is 0 Å². The molecule has 4 aromatic rings. The number of imide groups is 2. The molecule has 3 saturated heterocycles. The number of nitrogens with one attached hydrogen (secondary N) is 1. The first-order valence-corrected chi connectivity index (χ1v) is 20.2. The van der Waals surface area contributed by atoms with Crippen molar-refractivity contribution >= 4 is 52.5 Å². The van der Waals surface area contributed by atoms with E-state index >= 15 is 4.79 Å². The van der Waals surface area contributed by atoms with Crippen LogP contribution in [0.3, 0.4) is 0 Å². The Morgan fingerprint density at radius 2 is 1.56 bits per heavy atom. The van der Waals surface area contributed by atoms with E-state index in [0.29, 0.717) is 46.8 Å². The number of fused-ring (bicyclic) bond motifs is 4. The molecule has 3 aliphatic heterocycles. The lowest BCUT2D eigenvalue weighted by atomic mass is 9.49. The quantitative estimate of drug-likeness (QED) is 0.140. The minimum atomic E-state index is -1.56. The molecule has 0 bridgehead atoms. The van der Waals surface area contributed by atoms with E-state index in [-0.39, 0.29) is 35.0 Å². The maximum atomic E-state index is 15.4. The number of amides is 4. The number of phenols is 1. The molecule has 6 atom stereocenters. The number of rotatable bonds is 8. The van der Waals surface area contributed by atoms with Crippen molar-refractivity contribution in [2.24, 2.45) is 23.7 Å². The number of carbonyl (C=O) groups is 4. The Kier molecular flexibility index (Phi) is 9.62. The van der Waals surface area contributed by atoms with E-state index in [1.165, 1.54) is 16.5 Å². The molecule has 10 nitrogen and oxygen atoms in total. The van der Waals surface area contributed by atoms with Crippen molar-refractivity contribution in [2.75, 3.05) is 25.6 Å². The lowest BCUT2D eigenvalue weighted by molar-refractivity contribution is -0.144. The number of nitrogens with zero attached hydrogens (tertiary/aromatic N) is 3. The summed E-state index contributed by atoms with van der Waals surface area (Å²) in [5.41, 5.74) is 4.78. The number of ether oxygens (including phenoxy) is 1. The Morgan fingerprint density at radius 3 is 2.26 bits per heavy atom. The van der Waals surface area contributed by atoms with Crippen LogP contribution in [0.4, 0.5) is 5.69 Å². The fraction of sp³-hybridized carbons (Fsp3) is 0.333. The SMILES string of the molecule is COc1ccc(C23C(=O)N(Nc4ccc(Cl)cc4Cl)C(=O)C2CC2C(=CCC4C(=O)N(C5CCN(Cc6ccccc6)CC5)C(=O)C42)C3c2ccccc2O)cc1. The number of aromatic hydroxyl groups is 1. The maximum absolute atomic E-state index is 15.4. The third-order valence-corrected chi connectivity index (χ3v) is 13.6. The number of phenolic OH excluding ortho intramolecular Hbond substituents is 1. The average molecular weight is 806 g/mol. The second-order valence-electron chi connectivity index (χ2n) is 15.8. The van der Waals surface area contributed by atoms with E-state index in [9.17, 15) is 19.5 Å². The predicted molar refractivity (Wildman–Crippen MR) is 215 cm³/mol. The van der Waals surface area contributed by atoms with Gasteiger partial charge in [-0.2, -0.15) is 5.01 Å². The van der Waals surface area contributed by atoms with Gasteiger partial charge in [0.15, 0.2) is 0 Å². The first kappa shape index (κ1) is 37.4. The Bertz CT molecular complexity index is 2290. The van der Waals surface area contributed by atoms with Crippen molar-refractivity contribution in [3.8, 4) is 11.5 Å². The lowest BCUT2D eigenvalue weighted by Gasteiger charge is -2.50. The molecule has 6 unspecified atom stereocenters.